The number of alkyl halides is 3. The summed E-state index contributed by atoms with van der Waals surface area (Å²) < 4.78 is 40.4. The smallest absolute Gasteiger partial charge is 0.389 e. The van der Waals surface area contributed by atoms with Crippen molar-refractivity contribution in [3.8, 4) is 0 Å². The Morgan fingerprint density at radius 2 is 2.00 bits per heavy atom. The van der Waals surface area contributed by atoms with Gasteiger partial charge < -0.3 is 15.2 Å². The molecule has 1 fully saturated rings. The number of carbonyl (C=O) groups is 2. The number of rotatable bonds is 4. The highest BCUT2D eigenvalue weighted by molar-refractivity contribution is 5.78. The lowest BCUT2D eigenvalue weighted by Crippen LogP contribution is -2.42. The third kappa shape index (κ3) is 4.59. The molecule has 0 aromatic carbocycles. The van der Waals surface area contributed by atoms with E-state index in [9.17, 15) is 22.8 Å². The molecule has 1 heterocycles. The van der Waals surface area contributed by atoms with Crippen LogP contribution in [0.2, 0.25) is 0 Å². The van der Waals surface area contributed by atoms with Crippen molar-refractivity contribution in [2.24, 2.45) is 5.92 Å². The largest absolute Gasteiger partial charge is 0.481 e. The number of amides is 1. The second-order valence-electron chi connectivity index (χ2n) is 3.77. The fourth-order valence-electron chi connectivity index (χ4n) is 1.47. The molecular weight excluding hydrogens is 243 g/mol. The molecule has 8 heteroatoms. The van der Waals surface area contributed by atoms with Crippen LogP contribution in [0.1, 0.15) is 12.8 Å². The maximum absolute atomic E-state index is 11.8. The normalized spacial score (nSPS) is 24.6. The highest BCUT2D eigenvalue weighted by atomic mass is 19.4. The Morgan fingerprint density at radius 1 is 1.35 bits per heavy atom. The van der Waals surface area contributed by atoms with Crippen molar-refractivity contribution in [3.63, 3.8) is 0 Å². The number of carboxylic acids is 1. The van der Waals surface area contributed by atoms with Crippen LogP contribution in [-0.4, -0.2) is 42.4 Å². The van der Waals surface area contributed by atoms with Crippen molar-refractivity contribution >= 4 is 11.9 Å². The number of hydrogen-bond acceptors (Lipinski definition) is 3. The Hall–Kier alpha value is -1.31. The van der Waals surface area contributed by atoms with Crippen molar-refractivity contribution < 1.29 is 32.6 Å². The SMILES string of the molecule is O=C(CCC(F)(F)F)NC1COCC1C(=O)O. The molecule has 2 atom stereocenters. The molecule has 1 aliphatic rings. The summed E-state index contributed by atoms with van der Waals surface area (Å²) in [5.41, 5.74) is 0. The van der Waals surface area contributed by atoms with Gasteiger partial charge in [0.1, 0.15) is 5.92 Å². The van der Waals surface area contributed by atoms with E-state index < -0.39 is 42.9 Å². The fourth-order valence-corrected chi connectivity index (χ4v) is 1.47. The van der Waals surface area contributed by atoms with Gasteiger partial charge in [-0.2, -0.15) is 13.2 Å². The van der Waals surface area contributed by atoms with Crippen LogP contribution in [0.3, 0.4) is 0 Å². The van der Waals surface area contributed by atoms with Gasteiger partial charge in [-0.25, -0.2) is 0 Å². The number of carbonyl (C=O) groups excluding carboxylic acids is 1. The molecule has 0 bridgehead atoms. The minimum Gasteiger partial charge on any atom is -0.481 e. The molecular formula is C9H12F3NO4. The van der Waals surface area contributed by atoms with Crippen LogP contribution in [0, 0.1) is 5.92 Å². The van der Waals surface area contributed by atoms with Gasteiger partial charge in [-0.1, -0.05) is 0 Å². The Morgan fingerprint density at radius 3 is 2.53 bits per heavy atom. The first-order valence-corrected chi connectivity index (χ1v) is 4.96. The molecule has 2 N–H and O–H groups in total. The Balaban J connectivity index is 2.38. The predicted octanol–water partition coefficient (Wildman–Crippen LogP) is 0.545. The molecule has 0 spiro atoms. The third-order valence-corrected chi connectivity index (χ3v) is 2.38. The molecule has 1 rings (SSSR count). The summed E-state index contributed by atoms with van der Waals surface area (Å²) in [6.07, 6.45) is -6.31. The molecule has 1 saturated heterocycles. The summed E-state index contributed by atoms with van der Waals surface area (Å²) >= 11 is 0. The summed E-state index contributed by atoms with van der Waals surface area (Å²) in [7, 11) is 0. The maximum Gasteiger partial charge on any atom is 0.389 e. The van der Waals surface area contributed by atoms with Crippen molar-refractivity contribution in [2.45, 2.75) is 25.1 Å². The second kappa shape index (κ2) is 5.35. The number of hydrogen-bond donors (Lipinski definition) is 2. The van der Waals surface area contributed by atoms with Gasteiger partial charge in [0.25, 0.3) is 0 Å². The molecule has 0 radical (unpaired) electrons. The number of nitrogens with one attached hydrogen (secondary N) is 1. The van der Waals surface area contributed by atoms with Gasteiger partial charge in [0.15, 0.2) is 0 Å². The summed E-state index contributed by atoms with van der Waals surface area (Å²) in [4.78, 5) is 21.9. The van der Waals surface area contributed by atoms with E-state index >= 15 is 0 Å². The molecule has 5 nitrogen and oxygen atoms in total. The highest BCUT2D eigenvalue weighted by Gasteiger charge is 2.35. The summed E-state index contributed by atoms with van der Waals surface area (Å²) in [5.74, 6) is -2.85. The predicted molar refractivity (Wildman–Crippen MR) is 49.2 cm³/mol. The number of halogens is 3. The Kier molecular flexibility index (Phi) is 4.33. The molecule has 2 unspecified atom stereocenters. The van der Waals surface area contributed by atoms with Crippen molar-refractivity contribution in [3.05, 3.63) is 0 Å². The van der Waals surface area contributed by atoms with Gasteiger partial charge >= 0.3 is 12.1 Å². The van der Waals surface area contributed by atoms with Crippen LogP contribution in [0.4, 0.5) is 13.2 Å². The zero-order valence-corrected chi connectivity index (χ0v) is 8.79. The number of carboxylic acid groups (broad SMARTS) is 1. The molecule has 0 aromatic heterocycles. The Bertz CT molecular complexity index is 305. The van der Waals surface area contributed by atoms with Crippen molar-refractivity contribution in [1.29, 1.82) is 0 Å². The van der Waals surface area contributed by atoms with E-state index in [4.69, 9.17) is 9.84 Å². The van der Waals surface area contributed by atoms with Gasteiger partial charge in [0.05, 0.1) is 25.7 Å². The summed E-state index contributed by atoms with van der Waals surface area (Å²) in [6, 6.07) is -0.756. The highest BCUT2D eigenvalue weighted by Crippen LogP contribution is 2.21. The Labute approximate surface area is 94.9 Å². The number of ether oxygens (including phenoxy) is 1. The minimum absolute atomic E-state index is 0.00866. The van der Waals surface area contributed by atoms with Crippen LogP contribution in [0.25, 0.3) is 0 Å². The van der Waals surface area contributed by atoms with Gasteiger partial charge in [0, 0.05) is 6.42 Å². The van der Waals surface area contributed by atoms with Gasteiger partial charge in [-0.05, 0) is 0 Å². The molecule has 0 saturated carbocycles. The van der Waals surface area contributed by atoms with Crippen molar-refractivity contribution in [2.75, 3.05) is 13.2 Å². The molecule has 98 valence electrons. The molecule has 17 heavy (non-hydrogen) atoms. The number of aliphatic carboxylic acids is 1. The van der Waals surface area contributed by atoms with E-state index in [-0.39, 0.29) is 13.2 Å². The van der Waals surface area contributed by atoms with Crippen LogP contribution in [-0.2, 0) is 14.3 Å². The van der Waals surface area contributed by atoms with Crippen LogP contribution >= 0.6 is 0 Å². The molecule has 1 amide bonds. The van der Waals surface area contributed by atoms with Gasteiger partial charge in [0.2, 0.25) is 5.91 Å². The summed E-state index contributed by atoms with van der Waals surface area (Å²) in [5, 5.41) is 11.0. The monoisotopic (exact) mass is 255 g/mol. The third-order valence-electron chi connectivity index (χ3n) is 2.38. The van der Waals surface area contributed by atoms with Gasteiger partial charge in [-0.15, -0.1) is 0 Å². The van der Waals surface area contributed by atoms with E-state index in [1.807, 2.05) is 0 Å². The van der Waals surface area contributed by atoms with E-state index in [0.29, 0.717) is 0 Å². The molecule has 1 aliphatic heterocycles. The standard InChI is InChI=1S/C9H12F3NO4/c10-9(11,12)2-1-7(14)13-6-4-17-3-5(6)8(15)16/h5-6H,1-4H2,(H,13,14)(H,15,16). The average Bonchev–Trinajstić information content (AvgIpc) is 2.62. The first-order chi connectivity index (χ1) is 7.79. The average molecular weight is 255 g/mol. The lowest BCUT2D eigenvalue weighted by atomic mass is 10.0. The van der Waals surface area contributed by atoms with E-state index in [2.05, 4.69) is 5.32 Å². The fraction of sp³-hybridized carbons (Fsp3) is 0.778. The lowest BCUT2D eigenvalue weighted by Gasteiger charge is -2.15. The lowest BCUT2D eigenvalue weighted by molar-refractivity contribution is -0.146. The van der Waals surface area contributed by atoms with Crippen LogP contribution in [0.15, 0.2) is 0 Å². The van der Waals surface area contributed by atoms with Crippen LogP contribution in [0.5, 0.6) is 0 Å². The van der Waals surface area contributed by atoms with Crippen LogP contribution < -0.4 is 5.32 Å². The minimum atomic E-state index is -4.39. The molecule has 0 aromatic rings. The summed E-state index contributed by atoms with van der Waals surface area (Å²) in [6.45, 7) is -0.0335. The first kappa shape index (κ1) is 13.8. The van der Waals surface area contributed by atoms with Gasteiger partial charge in [-0.3, -0.25) is 9.59 Å². The zero-order chi connectivity index (χ0) is 13.1. The maximum atomic E-state index is 11.8. The van der Waals surface area contributed by atoms with Crippen molar-refractivity contribution in [1.82, 2.24) is 5.32 Å². The van der Waals surface area contributed by atoms with E-state index in [0.717, 1.165) is 0 Å². The second-order valence-corrected chi connectivity index (χ2v) is 3.77. The molecule has 0 aliphatic carbocycles. The quantitative estimate of drug-likeness (QED) is 0.769. The first-order valence-electron chi connectivity index (χ1n) is 4.96. The van der Waals surface area contributed by atoms with E-state index in [1.165, 1.54) is 0 Å². The zero-order valence-electron chi connectivity index (χ0n) is 8.79. The van der Waals surface area contributed by atoms with E-state index in [1.54, 1.807) is 0 Å². The topological polar surface area (TPSA) is 75.6 Å².